The van der Waals surface area contributed by atoms with Crippen LogP contribution in [0.25, 0.3) is 32.0 Å². The van der Waals surface area contributed by atoms with E-state index in [-0.39, 0.29) is 35.1 Å². The van der Waals surface area contributed by atoms with Gasteiger partial charge in [0, 0.05) is 91.4 Å². The number of sulfone groups is 1. The van der Waals surface area contributed by atoms with Gasteiger partial charge in [-0.15, -0.1) is 11.3 Å². The molecule has 18 heteroatoms. The second-order valence-corrected chi connectivity index (χ2v) is 22.4. The third kappa shape index (κ3) is 8.99. The number of piperidine rings is 2. The number of carbonyl (C=O) groups excluding carboxylic acids is 3. The number of hydrogen-bond donors (Lipinski definition) is 2. The van der Waals surface area contributed by atoms with Gasteiger partial charge in [0.25, 0.3) is 5.91 Å². The molecule has 16 nitrogen and oxygen atoms in total. The minimum Gasteiger partial charge on any atom is -0.492 e. The topological polar surface area (TPSA) is 185 Å². The van der Waals surface area contributed by atoms with Gasteiger partial charge in [-0.2, -0.15) is 0 Å². The Kier molecular flexibility index (Phi) is 12.3. The van der Waals surface area contributed by atoms with Gasteiger partial charge in [0.1, 0.15) is 16.3 Å². The van der Waals surface area contributed by atoms with E-state index in [1.54, 1.807) is 67.7 Å². The van der Waals surface area contributed by atoms with Gasteiger partial charge in [-0.05, 0) is 114 Å². The summed E-state index contributed by atoms with van der Waals surface area (Å²) in [6.07, 6.45) is 11.5. The molecule has 0 bridgehead atoms. The van der Waals surface area contributed by atoms with Crippen LogP contribution in [-0.4, -0.2) is 111 Å². The molecule has 0 saturated carbocycles. The van der Waals surface area contributed by atoms with Gasteiger partial charge in [0.05, 0.1) is 55.7 Å². The van der Waals surface area contributed by atoms with Gasteiger partial charge in [-0.25, -0.2) is 23.2 Å². The van der Waals surface area contributed by atoms with E-state index in [1.807, 2.05) is 58.9 Å². The van der Waals surface area contributed by atoms with Crippen LogP contribution < -0.4 is 20.3 Å². The van der Waals surface area contributed by atoms with Crippen molar-refractivity contribution in [3.63, 3.8) is 0 Å². The number of nitrogens with one attached hydrogen (secondary N) is 2. The van der Waals surface area contributed by atoms with Crippen molar-refractivity contribution in [2.75, 3.05) is 56.1 Å². The summed E-state index contributed by atoms with van der Waals surface area (Å²) >= 11 is 1.58. The minimum absolute atomic E-state index is 0.115. The number of ether oxygens (including phenoxy) is 1. The van der Waals surface area contributed by atoms with Crippen LogP contribution in [0.4, 0.5) is 21.9 Å². The monoisotopic (exact) mass is 954 g/mol. The van der Waals surface area contributed by atoms with Gasteiger partial charge < -0.3 is 24.4 Å². The minimum atomic E-state index is -3.78. The van der Waals surface area contributed by atoms with Gasteiger partial charge >= 0.3 is 6.03 Å². The molecule has 352 valence electrons. The van der Waals surface area contributed by atoms with E-state index in [0.717, 1.165) is 89.2 Å². The summed E-state index contributed by atoms with van der Waals surface area (Å²) in [5.41, 5.74) is 7.95. The third-order valence-electron chi connectivity index (χ3n) is 13.5. The maximum absolute atomic E-state index is 14.0. The van der Waals surface area contributed by atoms with E-state index >= 15 is 0 Å². The Hall–Kier alpha value is -6.50. The van der Waals surface area contributed by atoms with Crippen molar-refractivity contribution >= 4 is 88.1 Å². The predicted octanol–water partition coefficient (Wildman–Crippen LogP) is 8.48. The normalized spacial score (nSPS) is 17.0. The molecule has 3 fully saturated rings. The largest absolute Gasteiger partial charge is 0.492 e. The highest BCUT2D eigenvalue weighted by Gasteiger charge is 2.35. The number of hydrogen-bond acceptors (Lipinski definition) is 13. The highest BCUT2D eigenvalue weighted by atomic mass is 32.2. The molecule has 3 aliphatic heterocycles. The van der Waals surface area contributed by atoms with Crippen LogP contribution >= 0.6 is 11.3 Å². The highest BCUT2D eigenvalue weighted by Crippen LogP contribution is 2.39. The number of benzene rings is 3. The second-order valence-electron chi connectivity index (χ2n) is 18.8. The molecule has 7 heterocycles. The average molecular weight is 955 g/mol. The first kappa shape index (κ1) is 45.3. The molecule has 0 radical (unpaired) electrons. The molecule has 4 aromatic heterocycles. The molecule has 0 aliphatic carbocycles. The molecular formula is C50H54N10O6S2. The number of nitrogens with zero attached hydrogens (tertiary/aromatic N) is 8. The smallest absolute Gasteiger partial charge is 0.328 e. The Morgan fingerprint density at radius 3 is 2.47 bits per heavy atom. The molecule has 0 spiro atoms. The van der Waals surface area contributed by atoms with E-state index in [9.17, 15) is 22.8 Å². The number of likely N-dealkylation sites (tertiary alicyclic amines) is 2. The number of pyridine rings is 1. The molecular weight excluding hydrogens is 901 g/mol. The van der Waals surface area contributed by atoms with Crippen molar-refractivity contribution in [1.29, 1.82) is 0 Å². The molecule has 0 atom stereocenters. The van der Waals surface area contributed by atoms with Crippen molar-refractivity contribution < 1.29 is 27.5 Å². The van der Waals surface area contributed by atoms with Crippen molar-refractivity contribution in [3.8, 4) is 5.75 Å². The zero-order valence-corrected chi connectivity index (χ0v) is 40.0. The van der Waals surface area contributed by atoms with Gasteiger partial charge in [-0.1, -0.05) is 6.07 Å². The molecule has 0 unspecified atom stereocenters. The van der Waals surface area contributed by atoms with Crippen LogP contribution in [0, 0.1) is 0 Å². The summed E-state index contributed by atoms with van der Waals surface area (Å²) in [7, 11) is -3.78. The predicted molar refractivity (Wildman–Crippen MR) is 264 cm³/mol. The molecule has 68 heavy (non-hydrogen) atoms. The lowest BCUT2D eigenvalue weighted by Crippen LogP contribution is -2.49. The van der Waals surface area contributed by atoms with Crippen LogP contribution in [0.5, 0.6) is 5.75 Å². The summed E-state index contributed by atoms with van der Waals surface area (Å²) in [6.45, 7) is 9.53. The number of thiazole rings is 1. The van der Waals surface area contributed by atoms with Gasteiger partial charge in [0.2, 0.25) is 5.91 Å². The molecule has 7 aromatic rings. The standard InChI is InChI=1S/C50H54N10O6S2/c1-50(2,3)68(64,65)46-27-36-37(55-33-8-9-45-39(26-33)54-31-67-45)10-17-51-38(36)28-44(46)66-25-5-18-57-19-11-32(12-20-57)40-29-53-41(30-52-40)48(62)58-21-13-34(14-22-58)59-23-15-35-42(59)6-4-7-43(35)60-24-16-47(61)56-49(60)63/h4,6-10,15,17,23,26-32,34H,5,11-14,16,18-22,24-25H2,1-3H3,(H,51,55)(H,56,61,63). The first-order valence-corrected chi connectivity index (χ1v) is 25.6. The average Bonchev–Trinajstić information content (AvgIpc) is 4.00. The third-order valence-corrected chi connectivity index (χ3v) is 16.8. The Balaban J connectivity index is 0.714. The molecule has 4 amide bonds. The van der Waals surface area contributed by atoms with Crippen LogP contribution in [-0.2, 0) is 14.6 Å². The van der Waals surface area contributed by atoms with Crippen LogP contribution in [0.3, 0.4) is 0 Å². The van der Waals surface area contributed by atoms with Crippen molar-refractivity contribution in [1.82, 2.24) is 39.6 Å². The lowest BCUT2D eigenvalue weighted by molar-refractivity contribution is -0.120. The van der Waals surface area contributed by atoms with Crippen molar-refractivity contribution in [3.05, 3.63) is 102 Å². The Morgan fingerprint density at radius 2 is 1.71 bits per heavy atom. The lowest BCUT2D eigenvalue weighted by Gasteiger charge is -2.33. The van der Waals surface area contributed by atoms with E-state index in [0.29, 0.717) is 55.0 Å². The summed E-state index contributed by atoms with van der Waals surface area (Å²) in [6, 6.07) is 19.0. The maximum atomic E-state index is 14.0. The van der Waals surface area contributed by atoms with E-state index in [2.05, 4.69) is 41.2 Å². The van der Waals surface area contributed by atoms with E-state index < -0.39 is 20.6 Å². The zero-order valence-electron chi connectivity index (χ0n) is 38.4. The fourth-order valence-corrected chi connectivity index (χ4v) is 11.6. The Morgan fingerprint density at radius 1 is 0.882 bits per heavy atom. The maximum Gasteiger partial charge on any atom is 0.328 e. The van der Waals surface area contributed by atoms with Crippen molar-refractivity contribution in [2.24, 2.45) is 0 Å². The molecule has 3 saturated heterocycles. The highest BCUT2D eigenvalue weighted by molar-refractivity contribution is 7.92. The summed E-state index contributed by atoms with van der Waals surface area (Å²) < 4.78 is 36.6. The quantitative estimate of drug-likeness (QED) is 0.112. The van der Waals surface area contributed by atoms with Crippen molar-refractivity contribution in [2.45, 2.75) is 80.9 Å². The number of amides is 4. The van der Waals surface area contributed by atoms with Crippen LogP contribution in [0.1, 0.15) is 87.4 Å². The first-order chi connectivity index (χ1) is 32.8. The number of aromatic nitrogens is 5. The van der Waals surface area contributed by atoms with E-state index in [4.69, 9.17) is 9.72 Å². The zero-order chi connectivity index (χ0) is 47.2. The van der Waals surface area contributed by atoms with Gasteiger partial charge in [-0.3, -0.25) is 29.8 Å². The van der Waals surface area contributed by atoms with Crippen LogP contribution in [0.2, 0.25) is 0 Å². The summed E-state index contributed by atoms with van der Waals surface area (Å²) in [5, 5.41) is 7.50. The fourth-order valence-electron chi connectivity index (χ4n) is 9.62. The molecule has 10 rings (SSSR count). The lowest BCUT2D eigenvalue weighted by atomic mass is 9.93. The molecule has 3 aliphatic rings. The number of carbonyl (C=O) groups is 3. The fraction of sp³-hybridized carbons (Fsp3) is 0.380. The first-order valence-electron chi connectivity index (χ1n) is 23.3. The second kappa shape index (κ2) is 18.5. The van der Waals surface area contributed by atoms with E-state index in [1.165, 1.54) is 0 Å². The van der Waals surface area contributed by atoms with Crippen LogP contribution in [0.15, 0.2) is 95.9 Å². The Labute approximate surface area is 398 Å². The summed E-state index contributed by atoms with van der Waals surface area (Å²) in [5.74, 6) is 0.168. The summed E-state index contributed by atoms with van der Waals surface area (Å²) in [4.78, 5) is 62.3. The number of rotatable bonds is 12. The number of urea groups is 1. The Bertz CT molecular complexity index is 3150. The SMILES string of the molecule is CC(C)(C)S(=O)(=O)c1cc2c(Nc3ccc4scnc4c3)ccnc2cc1OCCCN1CCC(c2cnc(C(=O)N3CCC(n4ccc5c(N6CCC(=O)NC6=O)cccc54)CC3)cn2)CC1. The van der Waals surface area contributed by atoms with Gasteiger partial charge in [0.15, 0.2) is 9.84 Å². The molecule has 2 N–H and O–H groups in total. The molecule has 3 aromatic carbocycles. The number of imide groups is 1. The number of anilines is 3. The number of fused-ring (bicyclic) bond motifs is 3.